The van der Waals surface area contributed by atoms with Gasteiger partial charge >= 0.3 is 0 Å². The van der Waals surface area contributed by atoms with E-state index < -0.39 is 0 Å². The van der Waals surface area contributed by atoms with Gasteiger partial charge in [-0.15, -0.1) is 0 Å². The number of allylic oxidation sites excluding steroid dienone is 3. The molecule has 2 nitrogen and oxygen atoms in total. The molecule has 0 bridgehead atoms. The average molecular weight is 250 g/mol. The summed E-state index contributed by atoms with van der Waals surface area (Å²) in [7, 11) is 1.63. The van der Waals surface area contributed by atoms with Crippen molar-refractivity contribution in [2.75, 3.05) is 13.7 Å². The minimum Gasteiger partial charge on any atom is -0.380 e. The van der Waals surface area contributed by atoms with Crippen molar-refractivity contribution in [3.05, 3.63) is 34.9 Å². The van der Waals surface area contributed by atoms with Gasteiger partial charge in [-0.3, -0.25) is 0 Å². The molecule has 2 unspecified atom stereocenters. The summed E-state index contributed by atoms with van der Waals surface area (Å²) in [6.07, 6.45) is 5.15. The van der Waals surface area contributed by atoms with Crippen LogP contribution in [0.5, 0.6) is 0 Å². The van der Waals surface area contributed by atoms with Crippen molar-refractivity contribution in [1.82, 2.24) is 0 Å². The lowest BCUT2D eigenvalue weighted by atomic mass is 9.94. The number of halogens is 2. The molecule has 0 saturated carbocycles. The SMILES string of the molecule is C=C/C=C(\C=C(Cl)Cl)C(C)C(CN)OC. The first-order valence-electron chi connectivity index (χ1n) is 4.65. The highest BCUT2D eigenvalue weighted by Crippen LogP contribution is 2.22. The fourth-order valence-corrected chi connectivity index (χ4v) is 1.56. The second-order valence-electron chi connectivity index (χ2n) is 3.13. The van der Waals surface area contributed by atoms with Crippen LogP contribution in [-0.4, -0.2) is 19.8 Å². The van der Waals surface area contributed by atoms with Gasteiger partial charge in [0.1, 0.15) is 4.49 Å². The van der Waals surface area contributed by atoms with Crippen molar-refractivity contribution in [1.29, 1.82) is 0 Å². The van der Waals surface area contributed by atoms with Gasteiger partial charge in [-0.25, -0.2) is 0 Å². The van der Waals surface area contributed by atoms with E-state index in [-0.39, 0.29) is 16.5 Å². The largest absolute Gasteiger partial charge is 0.380 e. The number of ether oxygens (including phenoxy) is 1. The van der Waals surface area contributed by atoms with Crippen LogP contribution in [0.1, 0.15) is 6.92 Å². The average Bonchev–Trinajstić information content (AvgIpc) is 2.18. The van der Waals surface area contributed by atoms with E-state index in [9.17, 15) is 0 Å². The minimum atomic E-state index is -0.0554. The summed E-state index contributed by atoms with van der Waals surface area (Å²) in [5.74, 6) is 0.116. The first-order chi connectivity index (χ1) is 7.06. The molecule has 0 aromatic heterocycles. The third-order valence-corrected chi connectivity index (χ3v) is 2.42. The quantitative estimate of drug-likeness (QED) is 0.735. The fourth-order valence-electron chi connectivity index (χ4n) is 1.31. The molecular formula is C11H17Cl2NO. The molecule has 0 aromatic rings. The number of hydrogen-bond acceptors (Lipinski definition) is 2. The van der Waals surface area contributed by atoms with E-state index in [1.165, 1.54) is 0 Å². The fraction of sp³-hybridized carbons (Fsp3) is 0.455. The summed E-state index contributed by atoms with van der Waals surface area (Å²) >= 11 is 11.2. The molecular weight excluding hydrogens is 233 g/mol. The zero-order chi connectivity index (χ0) is 11.8. The third kappa shape index (κ3) is 5.38. The normalized spacial score (nSPS) is 15.7. The smallest absolute Gasteiger partial charge is 0.107 e. The topological polar surface area (TPSA) is 35.2 Å². The molecule has 0 radical (unpaired) electrons. The Balaban J connectivity index is 4.84. The van der Waals surface area contributed by atoms with Gasteiger partial charge in [-0.1, -0.05) is 48.9 Å². The monoisotopic (exact) mass is 249 g/mol. The minimum absolute atomic E-state index is 0.0554. The molecule has 0 aliphatic heterocycles. The van der Waals surface area contributed by atoms with Gasteiger partial charge in [0, 0.05) is 19.6 Å². The molecule has 0 aromatic carbocycles. The van der Waals surface area contributed by atoms with Crippen LogP contribution in [0, 0.1) is 5.92 Å². The summed E-state index contributed by atoms with van der Waals surface area (Å²) in [4.78, 5) is 0. The van der Waals surface area contributed by atoms with Crippen LogP contribution in [0.25, 0.3) is 0 Å². The van der Waals surface area contributed by atoms with Crippen LogP contribution in [0.15, 0.2) is 34.9 Å². The first kappa shape index (κ1) is 14.7. The Bertz CT molecular complexity index is 253. The van der Waals surface area contributed by atoms with Crippen LogP contribution in [-0.2, 0) is 4.74 Å². The summed E-state index contributed by atoms with van der Waals surface area (Å²) < 4.78 is 5.46. The Morgan fingerprint density at radius 1 is 1.53 bits per heavy atom. The summed E-state index contributed by atoms with van der Waals surface area (Å²) in [5.41, 5.74) is 6.53. The Labute approximate surface area is 101 Å². The molecule has 15 heavy (non-hydrogen) atoms. The number of hydrogen-bond donors (Lipinski definition) is 1. The van der Waals surface area contributed by atoms with Gasteiger partial charge in [-0.05, 0) is 11.6 Å². The summed E-state index contributed by atoms with van der Waals surface area (Å²) in [6.45, 7) is 6.09. The Hall–Kier alpha value is -0.280. The van der Waals surface area contributed by atoms with Crippen molar-refractivity contribution in [3.63, 3.8) is 0 Å². The zero-order valence-corrected chi connectivity index (χ0v) is 10.6. The zero-order valence-electron chi connectivity index (χ0n) is 9.04. The van der Waals surface area contributed by atoms with E-state index in [0.717, 1.165) is 5.57 Å². The van der Waals surface area contributed by atoms with Crippen LogP contribution in [0.4, 0.5) is 0 Å². The van der Waals surface area contributed by atoms with Crippen molar-refractivity contribution in [2.24, 2.45) is 11.7 Å². The van der Waals surface area contributed by atoms with Crippen LogP contribution in [0.2, 0.25) is 0 Å². The maximum Gasteiger partial charge on any atom is 0.107 e. The number of rotatable bonds is 6. The predicted molar refractivity (Wildman–Crippen MR) is 67.1 cm³/mol. The molecule has 0 aliphatic rings. The molecule has 0 fully saturated rings. The highest BCUT2D eigenvalue weighted by Gasteiger charge is 2.17. The highest BCUT2D eigenvalue weighted by molar-refractivity contribution is 6.56. The lowest BCUT2D eigenvalue weighted by Crippen LogP contribution is -2.30. The van der Waals surface area contributed by atoms with Crippen molar-refractivity contribution < 1.29 is 4.74 Å². The first-order valence-corrected chi connectivity index (χ1v) is 5.40. The molecule has 0 aliphatic carbocycles. The van der Waals surface area contributed by atoms with Crippen LogP contribution >= 0.6 is 23.2 Å². The second kappa shape index (κ2) is 7.94. The molecule has 2 N–H and O–H groups in total. The van der Waals surface area contributed by atoms with E-state index in [4.69, 9.17) is 33.7 Å². The van der Waals surface area contributed by atoms with Gasteiger partial charge in [0.15, 0.2) is 0 Å². The van der Waals surface area contributed by atoms with Crippen LogP contribution in [0.3, 0.4) is 0 Å². The van der Waals surface area contributed by atoms with E-state index in [1.54, 1.807) is 19.3 Å². The van der Waals surface area contributed by atoms with Crippen LogP contribution < -0.4 is 5.73 Å². The number of methoxy groups -OCH3 is 1. The molecule has 86 valence electrons. The molecule has 0 saturated heterocycles. The Kier molecular flexibility index (Phi) is 7.79. The lowest BCUT2D eigenvalue weighted by Gasteiger charge is -2.22. The van der Waals surface area contributed by atoms with Crippen molar-refractivity contribution in [2.45, 2.75) is 13.0 Å². The lowest BCUT2D eigenvalue weighted by molar-refractivity contribution is 0.0788. The molecule has 0 amide bonds. The van der Waals surface area contributed by atoms with Gasteiger partial charge in [0.2, 0.25) is 0 Å². The Morgan fingerprint density at radius 3 is 2.47 bits per heavy atom. The molecule has 0 spiro atoms. The van der Waals surface area contributed by atoms with E-state index in [1.807, 2.05) is 13.0 Å². The summed E-state index contributed by atoms with van der Waals surface area (Å²) in [5, 5.41) is 0. The van der Waals surface area contributed by atoms with Gasteiger partial charge in [-0.2, -0.15) is 0 Å². The van der Waals surface area contributed by atoms with E-state index >= 15 is 0 Å². The summed E-state index contributed by atoms with van der Waals surface area (Å²) in [6, 6.07) is 0. The standard InChI is InChI=1S/C11H17Cl2NO/c1-4-5-9(6-11(12)13)8(2)10(7-14)15-3/h4-6,8,10H,1,7,14H2,2-3H3/b9-5+. The maximum absolute atomic E-state index is 5.62. The Morgan fingerprint density at radius 2 is 2.13 bits per heavy atom. The number of nitrogens with two attached hydrogens (primary N) is 1. The van der Waals surface area contributed by atoms with Gasteiger partial charge in [0.25, 0.3) is 0 Å². The second-order valence-corrected chi connectivity index (χ2v) is 4.14. The van der Waals surface area contributed by atoms with Crippen molar-refractivity contribution >= 4 is 23.2 Å². The van der Waals surface area contributed by atoms with E-state index in [2.05, 4.69) is 6.58 Å². The highest BCUT2D eigenvalue weighted by atomic mass is 35.5. The third-order valence-electron chi connectivity index (χ3n) is 2.20. The van der Waals surface area contributed by atoms with E-state index in [0.29, 0.717) is 6.54 Å². The predicted octanol–water partition coefficient (Wildman–Crippen LogP) is 3.03. The molecule has 2 atom stereocenters. The maximum atomic E-state index is 5.62. The van der Waals surface area contributed by atoms with Crippen molar-refractivity contribution in [3.8, 4) is 0 Å². The molecule has 0 rings (SSSR count). The van der Waals surface area contributed by atoms with Gasteiger partial charge < -0.3 is 10.5 Å². The molecule has 0 heterocycles. The van der Waals surface area contributed by atoms with Gasteiger partial charge in [0.05, 0.1) is 6.10 Å². The molecule has 4 heteroatoms.